The average molecular weight is 404 g/mol. The molecule has 1 aromatic heterocycles. The van der Waals surface area contributed by atoms with Gasteiger partial charge in [0, 0.05) is 12.0 Å². The van der Waals surface area contributed by atoms with Gasteiger partial charge in [-0.2, -0.15) is 0 Å². The monoisotopic (exact) mass is 404 g/mol. The highest BCUT2D eigenvalue weighted by molar-refractivity contribution is 5.94. The molecule has 2 aromatic rings. The van der Waals surface area contributed by atoms with Gasteiger partial charge in [-0.05, 0) is 32.8 Å². The molecule has 0 spiro atoms. The number of aliphatic hydroxyl groups excluding tert-OH is 3. The maximum absolute atomic E-state index is 12.3. The summed E-state index contributed by atoms with van der Waals surface area (Å²) in [4.78, 5) is 12.3. The van der Waals surface area contributed by atoms with E-state index < -0.39 is 29.5 Å². The van der Waals surface area contributed by atoms with Crippen LogP contribution in [0.5, 0.6) is 11.5 Å². The number of aliphatic hydroxyl groups is 3. The largest absolute Gasteiger partial charge is 0.489 e. The van der Waals surface area contributed by atoms with Gasteiger partial charge >= 0.3 is 5.63 Å². The molecule has 0 fully saturated rings. The van der Waals surface area contributed by atoms with Gasteiger partial charge in [0.25, 0.3) is 0 Å². The Morgan fingerprint density at radius 2 is 1.76 bits per heavy atom. The fraction of sp³-hybridized carbons (Fsp3) is 0.591. The van der Waals surface area contributed by atoms with Gasteiger partial charge in [0.15, 0.2) is 5.58 Å². The second-order valence-corrected chi connectivity index (χ2v) is 8.75. The highest BCUT2D eigenvalue weighted by Crippen LogP contribution is 2.55. The van der Waals surface area contributed by atoms with Crippen molar-refractivity contribution >= 4 is 11.0 Å². The predicted molar refractivity (Wildman–Crippen MR) is 106 cm³/mol. The molecule has 3 N–H and O–H groups in total. The molecule has 7 heteroatoms. The van der Waals surface area contributed by atoms with Gasteiger partial charge < -0.3 is 29.2 Å². The number of rotatable bonds is 2. The van der Waals surface area contributed by atoms with Crippen LogP contribution in [0.4, 0.5) is 0 Å². The minimum atomic E-state index is -1.28. The van der Waals surface area contributed by atoms with Crippen molar-refractivity contribution in [3.8, 4) is 11.5 Å². The standard InChI is InChI=1S/C22H28O7/c1-6-7-11-8-12(23)28-18-13(11)20-15(17(25)21(26)22(4,5)29-20)19-14(18)16(24)9(2)10(3)27-19/h8-10,16-17,21,24-26H,6-7H2,1-5H3. The summed E-state index contributed by atoms with van der Waals surface area (Å²) >= 11 is 0. The van der Waals surface area contributed by atoms with Crippen molar-refractivity contribution in [3.63, 3.8) is 0 Å². The van der Waals surface area contributed by atoms with E-state index in [1.54, 1.807) is 13.8 Å². The molecule has 0 aliphatic carbocycles. The average Bonchev–Trinajstić information content (AvgIpc) is 2.63. The van der Waals surface area contributed by atoms with Crippen LogP contribution in [0.15, 0.2) is 15.3 Å². The minimum absolute atomic E-state index is 0.223. The molecule has 3 heterocycles. The lowest BCUT2D eigenvalue weighted by atomic mass is 9.81. The number of ether oxygens (including phenoxy) is 2. The van der Waals surface area contributed by atoms with Crippen LogP contribution < -0.4 is 15.1 Å². The van der Waals surface area contributed by atoms with Crippen LogP contribution in [0, 0.1) is 5.92 Å². The lowest BCUT2D eigenvalue weighted by Crippen LogP contribution is -2.49. The van der Waals surface area contributed by atoms with Crippen molar-refractivity contribution in [2.24, 2.45) is 5.92 Å². The van der Waals surface area contributed by atoms with Crippen molar-refractivity contribution in [3.05, 3.63) is 33.2 Å². The van der Waals surface area contributed by atoms with E-state index in [9.17, 15) is 20.1 Å². The second-order valence-electron chi connectivity index (χ2n) is 8.75. The Morgan fingerprint density at radius 1 is 1.07 bits per heavy atom. The molecular weight excluding hydrogens is 376 g/mol. The summed E-state index contributed by atoms with van der Waals surface area (Å²) in [6, 6.07) is 1.42. The van der Waals surface area contributed by atoms with Crippen LogP contribution in [0.2, 0.25) is 0 Å². The first kappa shape index (κ1) is 20.2. The molecule has 0 saturated heterocycles. The molecule has 0 amide bonds. The van der Waals surface area contributed by atoms with E-state index in [2.05, 4.69) is 0 Å². The van der Waals surface area contributed by atoms with E-state index >= 15 is 0 Å². The third kappa shape index (κ3) is 2.86. The summed E-state index contributed by atoms with van der Waals surface area (Å²) in [5.41, 5.74) is -0.0233. The van der Waals surface area contributed by atoms with Crippen molar-refractivity contribution in [2.75, 3.05) is 0 Å². The van der Waals surface area contributed by atoms with Crippen LogP contribution in [0.1, 0.15) is 69.9 Å². The maximum Gasteiger partial charge on any atom is 0.336 e. The Bertz CT molecular complexity index is 1020. The van der Waals surface area contributed by atoms with Crippen LogP contribution in [0.25, 0.3) is 11.0 Å². The van der Waals surface area contributed by atoms with Gasteiger partial charge in [-0.1, -0.05) is 20.3 Å². The lowest BCUT2D eigenvalue weighted by molar-refractivity contribution is -0.113. The van der Waals surface area contributed by atoms with Crippen molar-refractivity contribution < 1.29 is 29.2 Å². The number of hydrogen-bond acceptors (Lipinski definition) is 7. The first-order valence-electron chi connectivity index (χ1n) is 10.1. The zero-order chi connectivity index (χ0) is 21.2. The first-order valence-corrected chi connectivity index (χ1v) is 10.1. The van der Waals surface area contributed by atoms with Crippen LogP contribution in [0.3, 0.4) is 0 Å². The molecule has 1 aromatic carbocycles. The molecular formula is C22H28O7. The van der Waals surface area contributed by atoms with E-state index in [-0.39, 0.29) is 23.4 Å². The smallest absolute Gasteiger partial charge is 0.336 e. The van der Waals surface area contributed by atoms with Crippen LogP contribution in [-0.4, -0.2) is 33.1 Å². The fourth-order valence-corrected chi connectivity index (χ4v) is 4.38. The van der Waals surface area contributed by atoms with E-state index in [0.29, 0.717) is 28.7 Å². The number of benzene rings is 1. The van der Waals surface area contributed by atoms with E-state index in [1.807, 2.05) is 20.8 Å². The third-order valence-electron chi connectivity index (χ3n) is 6.28. The summed E-state index contributed by atoms with van der Waals surface area (Å²) in [5.74, 6) is 0.305. The van der Waals surface area contributed by atoms with Gasteiger partial charge in [-0.3, -0.25) is 0 Å². The van der Waals surface area contributed by atoms with E-state index in [4.69, 9.17) is 13.9 Å². The second kappa shape index (κ2) is 6.72. The number of fused-ring (bicyclic) bond motifs is 6. The molecule has 0 radical (unpaired) electrons. The Labute approximate surface area is 168 Å². The molecule has 2 aliphatic rings. The first-order chi connectivity index (χ1) is 13.6. The molecule has 5 atom stereocenters. The summed E-state index contributed by atoms with van der Waals surface area (Å²) < 4.78 is 17.8. The molecule has 158 valence electrons. The molecule has 0 bridgehead atoms. The molecule has 4 rings (SSSR count). The van der Waals surface area contributed by atoms with Gasteiger partial charge in [-0.15, -0.1) is 0 Å². The van der Waals surface area contributed by atoms with E-state index in [0.717, 1.165) is 12.0 Å². The molecule has 5 unspecified atom stereocenters. The van der Waals surface area contributed by atoms with Crippen molar-refractivity contribution in [1.82, 2.24) is 0 Å². The number of hydrogen-bond donors (Lipinski definition) is 3. The Balaban J connectivity index is 2.19. The van der Waals surface area contributed by atoms with Crippen LogP contribution in [-0.2, 0) is 6.42 Å². The predicted octanol–water partition coefficient (Wildman–Crippen LogP) is 2.76. The quantitative estimate of drug-likeness (QED) is 0.660. The normalized spacial score (nSPS) is 30.3. The molecule has 2 aliphatic heterocycles. The highest BCUT2D eigenvalue weighted by atomic mass is 16.5. The maximum atomic E-state index is 12.3. The van der Waals surface area contributed by atoms with Gasteiger partial charge in [0.1, 0.15) is 35.4 Å². The summed E-state index contributed by atoms with van der Waals surface area (Å²) in [7, 11) is 0. The zero-order valence-corrected chi connectivity index (χ0v) is 17.4. The van der Waals surface area contributed by atoms with Crippen molar-refractivity contribution in [1.29, 1.82) is 0 Å². The Hall–Kier alpha value is -2.09. The zero-order valence-electron chi connectivity index (χ0n) is 17.4. The molecule has 7 nitrogen and oxygen atoms in total. The third-order valence-corrected chi connectivity index (χ3v) is 6.28. The topological polar surface area (TPSA) is 109 Å². The molecule has 0 saturated carbocycles. The summed E-state index contributed by atoms with van der Waals surface area (Å²) in [6.45, 7) is 9.05. The molecule has 29 heavy (non-hydrogen) atoms. The van der Waals surface area contributed by atoms with Crippen molar-refractivity contribution in [2.45, 2.75) is 77.5 Å². The van der Waals surface area contributed by atoms with Gasteiger partial charge in [0.05, 0.1) is 22.6 Å². The number of aryl methyl sites for hydroxylation is 1. The van der Waals surface area contributed by atoms with Gasteiger partial charge in [0.2, 0.25) is 0 Å². The van der Waals surface area contributed by atoms with E-state index in [1.165, 1.54) is 6.07 Å². The Kier molecular flexibility index (Phi) is 4.68. The van der Waals surface area contributed by atoms with Crippen LogP contribution >= 0.6 is 0 Å². The van der Waals surface area contributed by atoms with Gasteiger partial charge in [-0.25, -0.2) is 4.79 Å². The Morgan fingerprint density at radius 3 is 2.41 bits per heavy atom. The highest BCUT2D eigenvalue weighted by Gasteiger charge is 2.48. The summed E-state index contributed by atoms with van der Waals surface area (Å²) in [6.07, 6.45) is -2.40. The fourth-order valence-electron chi connectivity index (χ4n) is 4.38. The minimum Gasteiger partial charge on any atom is -0.489 e. The summed E-state index contributed by atoms with van der Waals surface area (Å²) in [5, 5.41) is 33.3. The SMILES string of the molecule is CCCc1cc(=O)oc2c3c(c4c(c12)OC(C)(C)C(O)C4O)OC(C)C(C)C3O. The lowest BCUT2D eigenvalue weighted by Gasteiger charge is -2.43.